The van der Waals surface area contributed by atoms with Gasteiger partial charge in [-0.05, 0) is 89.0 Å². The minimum atomic E-state index is -2.18. The summed E-state index contributed by atoms with van der Waals surface area (Å²) < 4.78 is 7.12. The molecular formula is C24H48N2O3Si2. The van der Waals surface area contributed by atoms with Crippen LogP contribution in [0.25, 0.3) is 0 Å². The third kappa shape index (κ3) is 8.69. The maximum atomic E-state index is 11.9. The second-order valence-electron chi connectivity index (χ2n) is 12.4. The molecule has 0 fully saturated rings. The largest absolute Gasteiger partial charge is 0.455 e. The SMILES string of the molecule is C=CC(=O)NC(C)(C)CC(C)(C)[Si](C)(C)O[Si](C)(C)C(C)(C)CC(C)(C)NC(=O)C=C. The Kier molecular flexibility index (Phi) is 9.38. The van der Waals surface area contributed by atoms with Gasteiger partial charge in [-0.2, -0.15) is 0 Å². The predicted molar refractivity (Wildman–Crippen MR) is 138 cm³/mol. The summed E-state index contributed by atoms with van der Waals surface area (Å²) in [7, 11) is -4.36. The quantitative estimate of drug-likeness (QED) is 0.276. The Labute approximate surface area is 193 Å². The van der Waals surface area contributed by atoms with E-state index in [-0.39, 0.29) is 33.0 Å². The first-order chi connectivity index (χ1) is 13.5. The average Bonchev–Trinajstić information content (AvgIpc) is 2.49. The molecule has 0 radical (unpaired) electrons. The lowest BCUT2D eigenvalue weighted by molar-refractivity contribution is -0.119. The smallest absolute Gasteiger partial charge is 0.243 e. The molecule has 0 atom stereocenters. The van der Waals surface area contributed by atoms with Gasteiger partial charge >= 0.3 is 0 Å². The van der Waals surface area contributed by atoms with Crippen LogP contribution in [-0.2, 0) is 13.7 Å². The van der Waals surface area contributed by atoms with Gasteiger partial charge in [0.1, 0.15) is 0 Å². The lowest BCUT2D eigenvalue weighted by Crippen LogP contribution is -2.58. The van der Waals surface area contributed by atoms with Crippen LogP contribution in [0.1, 0.15) is 68.2 Å². The number of carbonyl (C=O) groups is 2. The first-order valence-corrected chi connectivity index (χ1v) is 16.9. The molecule has 0 heterocycles. The van der Waals surface area contributed by atoms with Gasteiger partial charge < -0.3 is 14.7 Å². The summed E-state index contributed by atoms with van der Waals surface area (Å²) in [5.41, 5.74) is -0.721. The Morgan fingerprint density at radius 1 is 0.710 bits per heavy atom. The zero-order valence-electron chi connectivity index (χ0n) is 22.2. The highest BCUT2D eigenvalue weighted by Crippen LogP contribution is 2.51. The molecule has 0 rings (SSSR count). The van der Waals surface area contributed by atoms with Gasteiger partial charge in [-0.1, -0.05) is 40.9 Å². The monoisotopic (exact) mass is 468 g/mol. The van der Waals surface area contributed by atoms with Crippen LogP contribution in [0.4, 0.5) is 0 Å². The lowest BCUT2D eigenvalue weighted by Gasteiger charge is -2.52. The summed E-state index contributed by atoms with van der Waals surface area (Å²) in [5.74, 6) is -0.304. The van der Waals surface area contributed by atoms with Crippen molar-refractivity contribution < 1.29 is 13.7 Å². The van der Waals surface area contributed by atoms with Gasteiger partial charge in [-0.25, -0.2) is 0 Å². The highest BCUT2D eigenvalue weighted by molar-refractivity contribution is 6.87. The maximum Gasteiger partial charge on any atom is 0.243 e. The normalized spacial score (nSPS) is 14.1. The van der Waals surface area contributed by atoms with E-state index >= 15 is 0 Å². The van der Waals surface area contributed by atoms with Crippen LogP contribution >= 0.6 is 0 Å². The number of rotatable bonds is 12. The van der Waals surface area contributed by atoms with Crippen LogP contribution < -0.4 is 10.6 Å². The number of amides is 2. The Morgan fingerprint density at radius 2 is 0.968 bits per heavy atom. The zero-order valence-corrected chi connectivity index (χ0v) is 24.2. The third-order valence-electron chi connectivity index (χ3n) is 6.83. The second-order valence-corrected chi connectivity index (χ2v) is 22.0. The number of hydrogen-bond acceptors (Lipinski definition) is 3. The standard InChI is InChI=1S/C24H48N2O3Si2/c1-15-19(27)25-21(3,4)17-23(7,8)30(11,12)29-31(13,14)24(9,10)18-22(5,6)26-20(28)16-2/h15-16H,1-2,17-18H2,3-14H3,(H,25,27)(H,26,28). The van der Waals surface area contributed by atoms with Crippen molar-refractivity contribution in [2.45, 2.75) is 116 Å². The van der Waals surface area contributed by atoms with E-state index in [0.717, 1.165) is 12.8 Å². The van der Waals surface area contributed by atoms with Gasteiger partial charge in [0.2, 0.25) is 11.8 Å². The number of carbonyl (C=O) groups excluding carboxylic acids is 2. The van der Waals surface area contributed by atoms with Crippen molar-refractivity contribution >= 4 is 28.4 Å². The molecule has 180 valence electrons. The van der Waals surface area contributed by atoms with Crippen molar-refractivity contribution in [3.05, 3.63) is 25.3 Å². The first kappa shape index (κ1) is 29.8. The Bertz CT molecular complexity index is 635. The minimum absolute atomic E-state index is 0.0716. The van der Waals surface area contributed by atoms with E-state index in [1.807, 2.05) is 0 Å². The number of hydrogen-bond donors (Lipinski definition) is 2. The molecule has 0 saturated carbocycles. The molecule has 0 aliphatic rings. The van der Waals surface area contributed by atoms with Crippen molar-refractivity contribution in [3.63, 3.8) is 0 Å². The molecule has 0 bridgehead atoms. The summed E-state index contributed by atoms with van der Waals surface area (Å²) >= 11 is 0. The fourth-order valence-electron chi connectivity index (χ4n) is 4.41. The predicted octanol–water partition coefficient (Wildman–Crippen LogP) is 5.92. The highest BCUT2D eigenvalue weighted by Gasteiger charge is 2.52. The number of nitrogens with one attached hydrogen (secondary N) is 2. The van der Waals surface area contributed by atoms with E-state index < -0.39 is 16.6 Å². The van der Waals surface area contributed by atoms with Crippen LogP contribution in [0.3, 0.4) is 0 Å². The van der Waals surface area contributed by atoms with Gasteiger partial charge in [-0.15, -0.1) is 0 Å². The van der Waals surface area contributed by atoms with Crippen LogP contribution in [-0.4, -0.2) is 39.5 Å². The second kappa shape index (κ2) is 9.75. The van der Waals surface area contributed by atoms with Crippen molar-refractivity contribution in [1.29, 1.82) is 0 Å². The summed E-state index contributed by atoms with van der Waals surface area (Å²) in [5, 5.41) is 5.97. The molecule has 0 aliphatic heterocycles. The molecule has 5 nitrogen and oxygen atoms in total. The highest BCUT2D eigenvalue weighted by atomic mass is 28.4. The molecule has 0 spiro atoms. The van der Waals surface area contributed by atoms with Crippen molar-refractivity contribution in [2.75, 3.05) is 0 Å². The van der Waals surface area contributed by atoms with Crippen LogP contribution in [0, 0.1) is 0 Å². The molecule has 0 saturated heterocycles. The molecule has 7 heteroatoms. The molecule has 0 unspecified atom stereocenters. The molecule has 2 amide bonds. The van der Waals surface area contributed by atoms with E-state index in [0.29, 0.717) is 0 Å². The van der Waals surface area contributed by atoms with E-state index in [1.165, 1.54) is 12.2 Å². The fourth-order valence-corrected chi connectivity index (χ4v) is 13.5. The average molecular weight is 469 g/mol. The van der Waals surface area contributed by atoms with Gasteiger partial charge in [-0.3, -0.25) is 9.59 Å². The van der Waals surface area contributed by atoms with Crippen LogP contribution in [0.2, 0.25) is 36.3 Å². The molecule has 0 aromatic carbocycles. The Morgan fingerprint density at radius 3 is 1.19 bits per heavy atom. The van der Waals surface area contributed by atoms with E-state index in [9.17, 15) is 9.59 Å². The van der Waals surface area contributed by atoms with Crippen molar-refractivity contribution in [1.82, 2.24) is 10.6 Å². The Balaban J connectivity index is 5.63. The minimum Gasteiger partial charge on any atom is -0.455 e. The Hall–Kier alpha value is -1.19. The summed E-state index contributed by atoms with van der Waals surface area (Å²) in [6.45, 7) is 33.5. The molecule has 2 N–H and O–H groups in total. The lowest BCUT2D eigenvalue weighted by atomic mass is 9.92. The molecular weight excluding hydrogens is 420 g/mol. The van der Waals surface area contributed by atoms with Gasteiger partial charge in [0.15, 0.2) is 16.6 Å². The third-order valence-corrected chi connectivity index (χ3v) is 17.8. The summed E-state index contributed by atoms with van der Waals surface area (Å²) in [4.78, 5) is 23.8. The maximum absolute atomic E-state index is 11.9. The molecule has 0 aliphatic carbocycles. The van der Waals surface area contributed by atoms with E-state index in [2.05, 4.69) is 105 Å². The molecule has 31 heavy (non-hydrogen) atoms. The van der Waals surface area contributed by atoms with Crippen molar-refractivity contribution in [2.24, 2.45) is 0 Å². The fraction of sp³-hybridized carbons (Fsp3) is 0.750. The first-order valence-electron chi connectivity index (χ1n) is 11.1. The van der Waals surface area contributed by atoms with Crippen molar-refractivity contribution in [3.8, 4) is 0 Å². The summed E-state index contributed by atoms with van der Waals surface area (Å²) in [6, 6.07) is 0. The van der Waals surface area contributed by atoms with Gasteiger partial charge in [0, 0.05) is 11.1 Å². The van der Waals surface area contributed by atoms with E-state index in [4.69, 9.17) is 4.12 Å². The van der Waals surface area contributed by atoms with Gasteiger partial charge in [0.25, 0.3) is 0 Å². The zero-order chi connectivity index (χ0) is 25.1. The van der Waals surface area contributed by atoms with E-state index in [1.54, 1.807) is 0 Å². The summed E-state index contributed by atoms with van der Waals surface area (Å²) in [6.07, 6.45) is 4.26. The van der Waals surface area contributed by atoms with Crippen LogP contribution in [0.5, 0.6) is 0 Å². The van der Waals surface area contributed by atoms with Crippen LogP contribution in [0.15, 0.2) is 25.3 Å². The molecule has 0 aromatic heterocycles. The molecule has 0 aromatic rings. The topological polar surface area (TPSA) is 67.4 Å². The van der Waals surface area contributed by atoms with Gasteiger partial charge in [0.05, 0.1) is 0 Å².